The Morgan fingerprint density at radius 3 is 2.27 bits per heavy atom. The fraction of sp³-hybridized carbons (Fsp3) is 0.286. The van der Waals surface area contributed by atoms with Gasteiger partial charge in [0.15, 0.2) is 9.84 Å². The smallest absolute Gasteiger partial charge is 0.348 e. The number of ether oxygens (including phenoxy) is 2. The van der Waals surface area contributed by atoms with Crippen molar-refractivity contribution in [3.63, 3.8) is 0 Å². The number of carbonyl (C=O) groups excluding carboxylic acids is 4. The van der Waals surface area contributed by atoms with Crippen molar-refractivity contribution in [3.05, 3.63) is 76.2 Å². The molecule has 1 N–H and O–H groups in total. The van der Waals surface area contributed by atoms with Crippen molar-refractivity contribution < 1.29 is 37.1 Å². The van der Waals surface area contributed by atoms with Crippen LogP contribution in [-0.4, -0.2) is 51.9 Å². The van der Waals surface area contributed by atoms with Crippen LogP contribution in [0.1, 0.15) is 56.7 Å². The molecule has 1 atom stereocenters. The lowest BCUT2D eigenvalue weighted by atomic mass is 10.1. The van der Waals surface area contributed by atoms with Gasteiger partial charge < -0.3 is 19.7 Å². The third-order valence-corrected chi connectivity index (χ3v) is 9.64. The first-order valence-corrected chi connectivity index (χ1v) is 14.9. The number of nitrogens with one attached hydrogen (secondary N) is 1. The Kier molecular flexibility index (Phi) is 8.70. The Morgan fingerprint density at radius 1 is 0.975 bits per heavy atom. The van der Waals surface area contributed by atoms with E-state index in [9.17, 15) is 27.6 Å². The molecule has 4 rings (SSSR count). The topological polar surface area (TPSA) is 136 Å². The Morgan fingerprint density at radius 2 is 1.60 bits per heavy atom. The summed E-state index contributed by atoms with van der Waals surface area (Å²) in [5.41, 5.74) is 0.862. The number of carbonyl (C=O) groups is 4. The highest BCUT2D eigenvalue weighted by Gasteiger charge is 2.40. The van der Waals surface area contributed by atoms with Crippen LogP contribution >= 0.6 is 11.3 Å². The SMILES string of the molecule is CCOC(=O)c1sc(NC(=O)CN2C(=O)CC(c3ccccc3)S(=O)(=O)c3ccccc32)c(C(=O)OCC)c1C. The van der Waals surface area contributed by atoms with Gasteiger partial charge in [-0.1, -0.05) is 42.5 Å². The molecule has 2 aromatic carbocycles. The van der Waals surface area contributed by atoms with Crippen LogP contribution in [0.3, 0.4) is 0 Å². The summed E-state index contributed by atoms with van der Waals surface area (Å²) < 4.78 is 37.5. The van der Waals surface area contributed by atoms with Crippen LogP contribution < -0.4 is 10.2 Å². The standard InChI is InChI=1S/C28H28N2O8S2/c1-4-37-27(33)24-17(3)25(28(34)38-5-2)39-26(24)29-22(31)16-30-19-13-9-10-14-20(19)40(35,36)21(15-23(30)32)18-11-7-6-8-12-18/h6-14,21H,4-5,15-16H2,1-3H3,(H,29,31). The van der Waals surface area contributed by atoms with E-state index in [4.69, 9.17) is 9.47 Å². The van der Waals surface area contributed by atoms with Crippen LogP contribution in [0.25, 0.3) is 0 Å². The number of para-hydroxylation sites is 1. The second kappa shape index (κ2) is 12.0. The molecule has 1 aromatic heterocycles. The zero-order valence-corrected chi connectivity index (χ0v) is 23.8. The maximum absolute atomic E-state index is 13.7. The van der Waals surface area contributed by atoms with Gasteiger partial charge in [0.2, 0.25) is 11.8 Å². The average Bonchev–Trinajstić information content (AvgIpc) is 3.22. The molecule has 1 aliphatic heterocycles. The molecule has 210 valence electrons. The van der Waals surface area contributed by atoms with E-state index in [0.29, 0.717) is 11.1 Å². The summed E-state index contributed by atoms with van der Waals surface area (Å²) in [6.07, 6.45) is -0.368. The normalized spacial score (nSPS) is 16.0. The number of amides is 2. The minimum Gasteiger partial charge on any atom is -0.462 e. The molecule has 0 bridgehead atoms. The van der Waals surface area contributed by atoms with E-state index in [-0.39, 0.29) is 45.7 Å². The Balaban J connectivity index is 1.68. The monoisotopic (exact) mass is 584 g/mol. The summed E-state index contributed by atoms with van der Waals surface area (Å²) in [4.78, 5) is 53.1. The van der Waals surface area contributed by atoms with Gasteiger partial charge in [0, 0.05) is 6.42 Å². The van der Waals surface area contributed by atoms with Crippen LogP contribution in [-0.2, 0) is 28.9 Å². The molecule has 12 heteroatoms. The van der Waals surface area contributed by atoms with Gasteiger partial charge in [-0.05, 0) is 44.0 Å². The minimum absolute atomic E-state index is 0.0116. The van der Waals surface area contributed by atoms with Crippen molar-refractivity contribution >= 4 is 55.6 Å². The maximum Gasteiger partial charge on any atom is 0.348 e. The van der Waals surface area contributed by atoms with Gasteiger partial charge in [-0.25, -0.2) is 18.0 Å². The first kappa shape index (κ1) is 29.0. The van der Waals surface area contributed by atoms with E-state index in [1.807, 2.05) is 0 Å². The number of hydrogen-bond donors (Lipinski definition) is 1. The molecule has 2 amide bonds. The van der Waals surface area contributed by atoms with Crippen molar-refractivity contribution in [2.24, 2.45) is 0 Å². The fourth-order valence-electron chi connectivity index (χ4n) is 4.48. The van der Waals surface area contributed by atoms with E-state index in [1.165, 1.54) is 12.1 Å². The van der Waals surface area contributed by atoms with Gasteiger partial charge in [-0.2, -0.15) is 0 Å². The summed E-state index contributed by atoms with van der Waals surface area (Å²) in [5.74, 6) is -2.63. The van der Waals surface area contributed by atoms with Crippen molar-refractivity contribution in [1.82, 2.24) is 0 Å². The molecule has 40 heavy (non-hydrogen) atoms. The quantitative estimate of drug-likeness (QED) is 0.387. The van der Waals surface area contributed by atoms with E-state index in [2.05, 4.69) is 5.32 Å². The van der Waals surface area contributed by atoms with Gasteiger partial charge >= 0.3 is 11.9 Å². The molecule has 0 fully saturated rings. The molecule has 10 nitrogen and oxygen atoms in total. The van der Waals surface area contributed by atoms with E-state index in [0.717, 1.165) is 16.2 Å². The third kappa shape index (κ3) is 5.63. The minimum atomic E-state index is -3.98. The number of anilines is 2. The molecule has 2 heterocycles. The van der Waals surface area contributed by atoms with Gasteiger partial charge in [0.25, 0.3) is 0 Å². The summed E-state index contributed by atoms with van der Waals surface area (Å²) in [7, 11) is -3.98. The van der Waals surface area contributed by atoms with Gasteiger partial charge in [0.1, 0.15) is 16.4 Å². The summed E-state index contributed by atoms with van der Waals surface area (Å²) in [6.45, 7) is 4.49. The lowest BCUT2D eigenvalue weighted by Gasteiger charge is -2.21. The molecular formula is C28H28N2O8S2. The number of rotatable bonds is 8. The second-order valence-electron chi connectivity index (χ2n) is 8.85. The first-order valence-electron chi connectivity index (χ1n) is 12.6. The number of benzene rings is 2. The summed E-state index contributed by atoms with van der Waals surface area (Å²) >= 11 is 0.860. The molecule has 1 aliphatic rings. The largest absolute Gasteiger partial charge is 0.462 e. The fourth-order valence-corrected chi connectivity index (χ4v) is 7.50. The van der Waals surface area contributed by atoms with E-state index in [1.54, 1.807) is 63.2 Å². The molecular weight excluding hydrogens is 556 g/mol. The number of fused-ring (bicyclic) bond motifs is 1. The molecule has 1 unspecified atom stereocenters. The lowest BCUT2D eigenvalue weighted by Crippen LogP contribution is -2.38. The number of sulfone groups is 1. The third-order valence-electron chi connectivity index (χ3n) is 6.31. The van der Waals surface area contributed by atoms with E-state index < -0.39 is 45.4 Å². The highest BCUT2D eigenvalue weighted by atomic mass is 32.2. The second-order valence-corrected chi connectivity index (χ2v) is 12.0. The summed E-state index contributed by atoms with van der Waals surface area (Å²) in [6, 6.07) is 14.5. The Bertz CT molecular complexity index is 1560. The van der Waals surface area contributed by atoms with Crippen molar-refractivity contribution in [1.29, 1.82) is 0 Å². The predicted molar refractivity (Wildman–Crippen MR) is 149 cm³/mol. The van der Waals surface area contributed by atoms with Gasteiger partial charge in [0.05, 0.1) is 34.6 Å². The zero-order chi connectivity index (χ0) is 29.0. The van der Waals surface area contributed by atoms with Gasteiger partial charge in [-0.15, -0.1) is 11.3 Å². The van der Waals surface area contributed by atoms with Crippen molar-refractivity contribution in [3.8, 4) is 0 Å². The van der Waals surface area contributed by atoms with Crippen molar-refractivity contribution in [2.75, 3.05) is 30.0 Å². The van der Waals surface area contributed by atoms with Gasteiger partial charge in [-0.3, -0.25) is 9.59 Å². The number of esters is 2. The predicted octanol–water partition coefficient (Wildman–Crippen LogP) is 4.30. The Hall–Kier alpha value is -4.03. The molecule has 3 aromatic rings. The number of nitrogens with zero attached hydrogens (tertiary/aromatic N) is 1. The summed E-state index contributed by atoms with van der Waals surface area (Å²) in [5, 5.41) is 1.56. The van der Waals surface area contributed by atoms with Crippen molar-refractivity contribution in [2.45, 2.75) is 37.3 Å². The number of thiophene rings is 1. The molecule has 0 aliphatic carbocycles. The average molecular weight is 585 g/mol. The highest BCUT2D eigenvalue weighted by molar-refractivity contribution is 7.92. The maximum atomic E-state index is 13.7. The zero-order valence-electron chi connectivity index (χ0n) is 22.1. The highest BCUT2D eigenvalue weighted by Crippen LogP contribution is 2.41. The lowest BCUT2D eigenvalue weighted by molar-refractivity contribution is -0.121. The molecule has 0 saturated carbocycles. The first-order chi connectivity index (χ1) is 19.1. The van der Waals surface area contributed by atoms with Crippen LogP contribution in [0, 0.1) is 6.92 Å². The van der Waals surface area contributed by atoms with Crippen LogP contribution in [0.2, 0.25) is 0 Å². The van der Waals surface area contributed by atoms with Crippen LogP contribution in [0.5, 0.6) is 0 Å². The van der Waals surface area contributed by atoms with E-state index >= 15 is 0 Å². The molecule has 0 spiro atoms. The molecule has 0 radical (unpaired) electrons. The van der Waals surface area contributed by atoms with Crippen LogP contribution in [0.15, 0.2) is 59.5 Å². The number of hydrogen-bond acceptors (Lipinski definition) is 9. The Labute approximate surface area is 235 Å². The molecule has 0 saturated heterocycles. The van der Waals surface area contributed by atoms with Crippen LogP contribution in [0.4, 0.5) is 10.7 Å².